The molecule has 12 heavy (non-hydrogen) atoms. The first-order valence-corrected chi connectivity index (χ1v) is 4.58. The highest BCUT2D eigenvalue weighted by atomic mass is 35.5. The summed E-state index contributed by atoms with van der Waals surface area (Å²) >= 11 is 6.73. The zero-order chi connectivity index (χ0) is 8.98. The van der Waals surface area contributed by atoms with Crippen LogP contribution in [0.4, 0.5) is 8.78 Å². The Kier molecular flexibility index (Phi) is 1.53. The highest BCUT2D eigenvalue weighted by Gasteiger charge is 2.70. The van der Waals surface area contributed by atoms with Gasteiger partial charge in [-0.3, -0.25) is 0 Å². The van der Waals surface area contributed by atoms with E-state index in [4.69, 9.17) is 17.3 Å². The summed E-state index contributed by atoms with van der Waals surface area (Å²) in [6, 6.07) is 3.15. The minimum Gasteiger partial charge on any atom is -0.316 e. The lowest BCUT2D eigenvalue weighted by Crippen LogP contribution is -2.25. The average molecular weight is 210 g/mol. The van der Waals surface area contributed by atoms with Crippen LogP contribution in [0, 0.1) is 0 Å². The van der Waals surface area contributed by atoms with E-state index in [1.807, 2.05) is 0 Å². The van der Waals surface area contributed by atoms with E-state index >= 15 is 0 Å². The lowest BCUT2D eigenvalue weighted by molar-refractivity contribution is 0.0899. The molecule has 1 heterocycles. The molecule has 1 aromatic rings. The minimum absolute atomic E-state index is 0.267. The van der Waals surface area contributed by atoms with Crippen molar-refractivity contribution in [1.82, 2.24) is 0 Å². The van der Waals surface area contributed by atoms with Gasteiger partial charge in [0.25, 0.3) is 5.92 Å². The summed E-state index contributed by atoms with van der Waals surface area (Å²) in [6.07, 6.45) is -0.267. The Labute approximate surface area is 77.1 Å². The molecule has 1 saturated carbocycles. The second-order valence-corrected chi connectivity index (χ2v) is 4.67. The Morgan fingerprint density at radius 2 is 2.08 bits per heavy atom. The summed E-state index contributed by atoms with van der Waals surface area (Å²) in [5, 5.41) is 0. The molecule has 1 aromatic heterocycles. The van der Waals surface area contributed by atoms with Gasteiger partial charge in [-0.1, -0.05) is 11.6 Å². The van der Waals surface area contributed by atoms with Crippen molar-refractivity contribution in [1.29, 1.82) is 0 Å². The fourth-order valence-corrected chi connectivity index (χ4v) is 2.33. The Hall–Kier alpha value is -0.190. The van der Waals surface area contributed by atoms with Crippen LogP contribution in [0.5, 0.6) is 0 Å². The van der Waals surface area contributed by atoms with E-state index in [9.17, 15) is 8.78 Å². The highest BCUT2D eigenvalue weighted by molar-refractivity contribution is 7.16. The number of alkyl halides is 2. The summed E-state index contributed by atoms with van der Waals surface area (Å²) in [5.41, 5.74) is 4.02. The van der Waals surface area contributed by atoms with Crippen LogP contribution in [0.1, 0.15) is 11.3 Å². The standard InChI is InChI=1S/C7H6ClF2NS/c8-5-2-1-4(12-5)6(11)3-7(6,9)10/h1-2H,3,11H2. The largest absolute Gasteiger partial charge is 0.316 e. The van der Waals surface area contributed by atoms with Crippen LogP contribution in [0.15, 0.2) is 12.1 Å². The maximum absolute atomic E-state index is 12.7. The molecule has 2 N–H and O–H groups in total. The summed E-state index contributed by atoms with van der Waals surface area (Å²) in [5.74, 6) is -2.75. The highest BCUT2D eigenvalue weighted by Crippen LogP contribution is 2.59. The maximum Gasteiger partial charge on any atom is 0.273 e. The monoisotopic (exact) mass is 209 g/mol. The van der Waals surface area contributed by atoms with Gasteiger partial charge in [0.1, 0.15) is 5.54 Å². The fourth-order valence-electron chi connectivity index (χ4n) is 1.13. The third-order valence-corrected chi connectivity index (χ3v) is 3.45. The summed E-state index contributed by atoms with van der Waals surface area (Å²) in [6.45, 7) is 0. The summed E-state index contributed by atoms with van der Waals surface area (Å²) < 4.78 is 25.9. The van der Waals surface area contributed by atoms with Crippen LogP contribution < -0.4 is 5.73 Å². The average Bonchev–Trinajstić information content (AvgIpc) is 2.37. The van der Waals surface area contributed by atoms with Crippen molar-refractivity contribution < 1.29 is 8.78 Å². The molecule has 1 atom stereocenters. The maximum atomic E-state index is 12.7. The molecule has 1 unspecified atom stereocenters. The quantitative estimate of drug-likeness (QED) is 0.756. The van der Waals surface area contributed by atoms with Crippen LogP contribution >= 0.6 is 22.9 Å². The SMILES string of the molecule is NC1(c2ccc(Cl)s2)CC1(F)F. The van der Waals surface area contributed by atoms with E-state index < -0.39 is 11.5 Å². The molecule has 0 radical (unpaired) electrons. The lowest BCUT2D eigenvalue weighted by Gasteiger charge is -2.05. The van der Waals surface area contributed by atoms with E-state index in [1.165, 1.54) is 0 Å². The van der Waals surface area contributed by atoms with Gasteiger partial charge >= 0.3 is 0 Å². The van der Waals surface area contributed by atoms with Gasteiger partial charge in [-0.2, -0.15) is 0 Å². The summed E-state index contributed by atoms with van der Waals surface area (Å²) in [7, 11) is 0. The Bertz CT molecular complexity index is 325. The van der Waals surface area contributed by atoms with Crippen molar-refractivity contribution in [3.8, 4) is 0 Å². The molecule has 0 aromatic carbocycles. The molecule has 0 bridgehead atoms. The first-order valence-electron chi connectivity index (χ1n) is 3.38. The Balaban J connectivity index is 2.34. The third kappa shape index (κ3) is 0.985. The smallest absolute Gasteiger partial charge is 0.273 e. The van der Waals surface area contributed by atoms with Crippen LogP contribution in [0.25, 0.3) is 0 Å². The molecule has 0 aliphatic heterocycles. The molecule has 0 amide bonds. The first-order chi connectivity index (χ1) is 5.46. The molecule has 1 nitrogen and oxygen atoms in total. The summed E-state index contributed by atoms with van der Waals surface area (Å²) in [4.78, 5) is 0.470. The molecule has 5 heteroatoms. The van der Waals surface area contributed by atoms with Crippen molar-refractivity contribution in [2.24, 2.45) is 5.73 Å². The van der Waals surface area contributed by atoms with Gasteiger partial charge in [0.15, 0.2) is 0 Å². The fraction of sp³-hybridized carbons (Fsp3) is 0.429. The van der Waals surface area contributed by atoms with Gasteiger partial charge in [0.2, 0.25) is 0 Å². The zero-order valence-electron chi connectivity index (χ0n) is 5.98. The van der Waals surface area contributed by atoms with Crippen LogP contribution in [0.3, 0.4) is 0 Å². The van der Waals surface area contributed by atoms with E-state index in [1.54, 1.807) is 12.1 Å². The Morgan fingerprint density at radius 3 is 2.42 bits per heavy atom. The molecule has 0 saturated heterocycles. The van der Waals surface area contributed by atoms with E-state index in [-0.39, 0.29) is 6.42 Å². The zero-order valence-corrected chi connectivity index (χ0v) is 7.55. The first kappa shape index (κ1) is 8.41. The second kappa shape index (κ2) is 2.19. The number of rotatable bonds is 1. The van der Waals surface area contributed by atoms with Crippen molar-refractivity contribution in [2.75, 3.05) is 0 Å². The third-order valence-electron chi connectivity index (χ3n) is 2.04. The normalized spacial score (nSPS) is 32.0. The molecule has 66 valence electrons. The second-order valence-electron chi connectivity index (χ2n) is 2.96. The van der Waals surface area contributed by atoms with E-state index in [0.717, 1.165) is 11.3 Å². The molecule has 2 rings (SSSR count). The van der Waals surface area contributed by atoms with Gasteiger partial charge < -0.3 is 5.73 Å². The van der Waals surface area contributed by atoms with Gasteiger partial charge in [-0.15, -0.1) is 11.3 Å². The van der Waals surface area contributed by atoms with Crippen LogP contribution in [-0.4, -0.2) is 5.92 Å². The lowest BCUT2D eigenvalue weighted by atomic mass is 10.2. The predicted octanol–water partition coefficient (Wildman–Crippen LogP) is 2.59. The molecule has 0 spiro atoms. The van der Waals surface area contributed by atoms with Gasteiger partial charge in [0.05, 0.1) is 4.34 Å². The molecular weight excluding hydrogens is 204 g/mol. The van der Waals surface area contributed by atoms with Gasteiger partial charge in [-0.25, -0.2) is 8.78 Å². The number of thiophene rings is 1. The number of hydrogen-bond donors (Lipinski definition) is 1. The molecular formula is C7H6ClF2NS. The molecule has 1 aliphatic rings. The predicted molar refractivity (Wildman–Crippen MR) is 44.8 cm³/mol. The number of nitrogens with two attached hydrogens (primary N) is 1. The van der Waals surface area contributed by atoms with E-state index in [0.29, 0.717) is 9.21 Å². The van der Waals surface area contributed by atoms with Crippen molar-refractivity contribution in [3.05, 3.63) is 21.3 Å². The number of halogens is 3. The molecule has 1 fully saturated rings. The van der Waals surface area contributed by atoms with Gasteiger partial charge in [-0.05, 0) is 12.1 Å². The van der Waals surface area contributed by atoms with Crippen molar-refractivity contribution in [2.45, 2.75) is 17.9 Å². The van der Waals surface area contributed by atoms with Crippen molar-refractivity contribution >= 4 is 22.9 Å². The Morgan fingerprint density at radius 1 is 1.50 bits per heavy atom. The number of hydrogen-bond acceptors (Lipinski definition) is 2. The molecule has 1 aliphatic carbocycles. The van der Waals surface area contributed by atoms with Crippen molar-refractivity contribution in [3.63, 3.8) is 0 Å². The van der Waals surface area contributed by atoms with E-state index in [2.05, 4.69) is 0 Å². The minimum atomic E-state index is -2.75. The van der Waals surface area contributed by atoms with Crippen LogP contribution in [-0.2, 0) is 5.54 Å². The van der Waals surface area contributed by atoms with Gasteiger partial charge in [0, 0.05) is 11.3 Å². The van der Waals surface area contributed by atoms with Crippen LogP contribution in [0.2, 0.25) is 4.34 Å². The topological polar surface area (TPSA) is 26.0 Å².